The summed E-state index contributed by atoms with van der Waals surface area (Å²) in [5.74, 6) is 1.74. The molecule has 0 fully saturated rings. The number of fused-ring (bicyclic) bond motifs is 1. The van der Waals surface area contributed by atoms with Gasteiger partial charge in [0, 0.05) is 11.4 Å². The average Bonchev–Trinajstić information content (AvgIpc) is 2.59. The summed E-state index contributed by atoms with van der Waals surface area (Å²) in [6, 6.07) is 16.7. The van der Waals surface area contributed by atoms with Crippen LogP contribution >= 0.6 is 11.6 Å². The molecule has 1 aliphatic carbocycles. The molecule has 2 aromatic rings. The van der Waals surface area contributed by atoms with E-state index in [0.717, 1.165) is 37.3 Å². The zero-order chi connectivity index (χ0) is 15.2. The standard InChI is InChI=1S/C20H21ClO/c21-14-6-10-17-9-4-12-19-18(17)11-5-13-20(19)22-15-16-7-2-1-3-8-16/h1-3,5,7-9,11,13H,4,6,10,12,14-15H2. The van der Waals surface area contributed by atoms with Gasteiger partial charge in [-0.05, 0) is 48.4 Å². The first-order chi connectivity index (χ1) is 10.9. The molecule has 0 saturated carbocycles. The molecule has 0 saturated heterocycles. The fourth-order valence-electron chi connectivity index (χ4n) is 2.99. The molecule has 0 spiro atoms. The molecule has 0 heterocycles. The molecule has 1 nitrogen and oxygen atoms in total. The number of halogens is 1. The maximum absolute atomic E-state index is 6.09. The van der Waals surface area contributed by atoms with Gasteiger partial charge >= 0.3 is 0 Å². The molecule has 0 amide bonds. The van der Waals surface area contributed by atoms with E-state index in [1.807, 2.05) is 18.2 Å². The SMILES string of the molecule is ClCCCC1=CCCc2c(OCc3ccccc3)cccc21. The number of rotatable bonds is 6. The van der Waals surface area contributed by atoms with Crippen LogP contribution in [0.2, 0.25) is 0 Å². The molecule has 22 heavy (non-hydrogen) atoms. The van der Waals surface area contributed by atoms with Crippen molar-refractivity contribution in [2.75, 3.05) is 5.88 Å². The van der Waals surface area contributed by atoms with Gasteiger partial charge in [-0.1, -0.05) is 48.5 Å². The van der Waals surface area contributed by atoms with Crippen LogP contribution in [-0.4, -0.2) is 5.88 Å². The van der Waals surface area contributed by atoms with E-state index >= 15 is 0 Å². The van der Waals surface area contributed by atoms with Crippen LogP contribution in [0.5, 0.6) is 5.75 Å². The van der Waals surface area contributed by atoms with Crippen molar-refractivity contribution in [3.05, 3.63) is 71.3 Å². The summed E-state index contributed by atoms with van der Waals surface area (Å²) < 4.78 is 6.09. The third kappa shape index (κ3) is 3.53. The van der Waals surface area contributed by atoms with Gasteiger partial charge in [-0.3, -0.25) is 0 Å². The Balaban J connectivity index is 1.78. The summed E-state index contributed by atoms with van der Waals surface area (Å²) in [4.78, 5) is 0. The molecule has 0 unspecified atom stereocenters. The molecule has 0 atom stereocenters. The van der Waals surface area contributed by atoms with Crippen molar-refractivity contribution in [2.24, 2.45) is 0 Å². The fourth-order valence-corrected chi connectivity index (χ4v) is 3.12. The van der Waals surface area contributed by atoms with Crippen molar-refractivity contribution >= 4 is 17.2 Å². The van der Waals surface area contributed by atoms with E-state index in [2.05, 4.69) is 36.4 Å². The lowest BCUT2D eigenvalue weighted by Gasteiger charge is -2.21. The highest BCUT2D eigenvalue weighted by Crippen LogP contribution is 2.35. The Hall–Kier alpha value is -1.73. The van der Waals surface area contributed by atoms with E-state index in [0.29, 0.717) is 6.61 Å². The Morgan fingerprint density at radius 3 is 2.68 bits per heavy atom. The van der Waals surface area contributed by atoms with Crippen molar-refractivity contribution in [1.82, 2.24) is 0 Å². The molecule has 3 rings (SSSR count). The van der Waals surface area contributed by atoms with Gasteiger partial charge in [-0.25, -0.2) is 0 Å². The lowest BCUT2D eigenvalue weighted by molar-refractivity contribution is 0.302. The highest BCUT2D eigenvalue weighted by atomic mass is 35.5. The number of hydrogen-bond donors (Lipinski definition) is 0. The highest BCUT2D eigenvalue weighted by molar-refractivity contribution is 6.17. The Kier molecular flexibility index (Phi) is 5.18. The van der Waals surface area contributed by atoms with Gasteiger partial charge in [-0.2, -0.15) is 0 Å². The minimum absolute atomic E-state index is 0.623. The van der Waals surface area contributed by atoms with Gasteiger partial charge in [0.25, 0.3) is 0 Å². The summed E-state index contributed by atoms with van der Waals surface area (Å²) in [5.41, 5.74) is 5.33. The van der Waals surface area contributed by atoms with Crippen LogP contribution < -0.4 is 4.74 Å². The largest absolute Gasteiger partial charge is 0.489 e. The Bertz CT molecular complexity index is 646. The lowest BCUT2D eigenvalue weighted by Crippen LogP contribution is -2.05. The lowest BCUT2D eigenvalue weighted by atomic mass is 9.88. The van der Waals surface area contributed by atoms with Crippen molar-refractivity contribution in [3.63, 3.8) is 0 Å². The second-order valence-electron chi connectivity index (χ2n) is 5.62. The summed E-state index contributed by atoms with van der Waals surface area (Å²) in [5, 5.41) is 0. The van der Waals surface area contributed by atoms with Crippen LogP contribution in [0.1, 0.15) is 36.0 Å². The van der Waals surface area contributed by atoms with E-state index in [1.165, 1.54) is 22.3 Å². The second kappa shape index (κ2) is 7.51. The van der Waals surface area contributed by atoms with Crippen molar-refractivity contribution < 1.29 is 4.74 Å². The molecule has 0 aliphatic heterocycles. The number of benzene rings is 2. The topological polar surface area (TPSA) is 9.23 Å². The van der Waals surface area contributed by atoms with E-state index in [1.54, 1.807) is 0 Å². The first-order valence-electron chi connectivity index (χ1n) is 7.92. The number of hydrogen-bond acceptors (Lipinski definition) is 1. The predicted octanol–water partition coefficient (Wildman–Crippen LogP) is 5.61. The highest BCUT2D eigenvalue weighted by Gasteiger charge is 2.16. The van der Waals surface area contributed by atoms with Crippen LogP contribution in [0.4, 0.5) is 0 Å². The van der Waals surface area contributed by atoms with Crippen LogP contribution in [0.3, 0.4) is 0 Å². The van der Waals surface area contributed by atoms with Crippen molar-refractivity contribution in [3.8, 4) is 5.75 Å². The summed E-state index contributed by atoms with van der Waals surface area (Å²) in [7, 11) is 0. The van der Waals surface area contributed by atoms with Gasteiger partial charge in [-0.15, -0.1) is 11.6 Å². The Morgan fingerprint density at radius 2 is 1.86 bits per heavy atom. The Morgan fingerprint density at radius 1 is 1.00 bits per heavy atom. The van der Waals surface area contributed by atoms with Gasteiger partial charge in [0.1, 0.15) is 12.4 Å². The fraction of sp³-hybridized carbons (Fsp3) is 0.300. The molecule has 0 aromatic heterocycles. The zero-order valence-electron chi connectivity index (χ0n) is 12.7. The smallest absolute Gasteiger partial charge is 0.123 e. The average molecular weight is 313 g/mol. The predicted molar refractivity (Wildman–Crippen MR) is 93.5 cm³/mol. The molecule has 0 bridgehead atoms. The van der Waals surface area contributed by atoms with E-state index in [9.17, 15) is 0 Å². The molecule has 1 aliphatic rings. The van der Waals surface area contributed by atoms with Crippen LogP contribution in [-0.2, 0) is 13.0 Å². The molecule has 0 radical (unpaired) electrons. The second-order valence-corrected chi connectivity index (χ2v) is 6.00. The van der Waals surface area contributed by atoms with Crippen LogP contribution in [0.25, 0.3) is 5.57 Å². The number of alkyl halides is 1. The van der Waals surface area contributed by atoms with Crippen molar-refractivity contribution in [2.45, 2.75) is 32.3 Å². The monoisotopic (exact) mass is 312 g/mol. The number of allylic oxidation sites excluding steroid dienone is 2. The summed E-state index contributed by atoms with van der Waals surface area (Å²) in [6.07, 6.45) is 6.59. The van der Waals surface area contributed by atoms with Gasteiger partial charge in [0.2, 0.25) is 0 Å². The van der Waals surface area contributed by atoms with Crippen molar-refractivity contribution in [1.29, 1.82) is 0 Å². The van der Waals surface area contributed by atoms with Crippen LogP contribution in [0, 0.1) is 0 Å². The van der Waals surface area contributed by atoms with Gasteiger partial charge in [0.15, 0.2) is 0 Å². The molecule has 0 N–H and O–H groups in total. The maximum atomic E-state index is 6.09. The summed E-state index contributed by atoms with van der Waals surface area (Å²) in [6.45, 7) is 0.623. The quantitative estimate of drug-likeness (QED) is 0.629. The first-order valence-corrected chi connectivity index (χ1v) is 8.46. The van der Waals surface area contributed by atoms with E-state index < -0.39 is 0 Å². The minimum atomic E-state index is 0.623. The van der Waals surface area contributed by atoms with E-state index in [4.69, 9.17) is 16.3 Å². The summed E-state index contributed by atoms with van der Waals surface area (Å²) >= 11 is 5.84. The van der Waals surface area contributed by atoms with Gasteiger partial charge < -0.3 is 4.74 Å². The zero-order valence-corrected chi connectivity index (χ0v) is 13.5. The third-order valence-corrected chi connectivity index (χ3v) is 4.35. The minimum Gasteiger partial charge on any atom is -0.489 e. The number of ether oxygens (including phenoxy) is 1. The third-order valence-electron chi connectivity index (χ3n) is 4.08. The Labute approximate surface area is 137 Å². The normalized spacial score (nSPS) is 13.4. The maximum Gasteiger partial charge on any atom is 0.123 e. The molecular formula is C20H21ClO. The molecule has 2 aromatic carbocycles. The molecule has 114 valence electrons. The van der Waals surface area contributed by atoms with Gasteiger partial charge in [0.05, 0.1) is 0 Å². The van der Waals surface area contributed by atoms with E-state index in [-0.39, 0.29) is 0 Å². The molecule has 2 heteroatoms. The first kappa shape index (κ1) is 15.2. The van der Waals surface area contributed by atoms with Crippen LogP contribution in [0.15, 0.2) is 54.6 Å². The molecular weight excluding hydrogens is 292 g/mol.